The van der Waals surface area contributed by atoms with Gasteiger partial charge >= 0.3 is 0 Å². The van der Waals surface area contributed by atoms with Crippen molar-refractivity contribution in [3.63, 3.8) is 0 Å². The smallest absolute Gasteiger partial charge is 0.251 e. The monoisotopic (exact) mass is 450 g/mol. The summed E-state index contributed by atoms with van der Waals surface area (Å²) >= 11 is 0. The van der Waals surface area contributed by atoms with Gasteiger partial charge in [0.2, 0.25) is 5.91 Å². The molecule has 0 aliphatic carbocycles. The number of ether oxygens (including phenoxy) is 2. The summed E-state index contributed by atoms with van der Waals surface area (Å²) in [6.45, 7) is 2.81. The number of unbranched alkanes of at least 4 members (excludes halogenated alkanes) is 1. The third-order valence-corrected chi connectivity index (χ3v) is 5.81. The number of anilines is 1. The van der Waals surface area contributed by atoms with Crippen molar-refractivity contribution in [2.75, 3.05) is 25.6 Å². The molecular formula is C25H30N4O4. The van der Waals surface area contributed by atoms with Crippen LogP contribution in [-0.4, -0.2) is 48.0 Å². The maximum atomic E-state index is 13.0. The molecule has 4 rings (SSSR count). The van der Waals surface area contributed by atoms with Crippen LogP contribution in [-0.2, 0) is 9.59 Å². The maximum absolute atomic E-state index is 13.0. The molecule has 33 heavy (non-hydrogen) atoms. The molecule has 1 saturated heterocycles. The number of hydrazine groups is 1. The number of hydrogen-bond acceptors (Lipinski definition) is 6. The highest BCUT2D eigenvalue weighted by molar-refractivity contribution is 5.96. The van der Waals surface area contributed by atoms with Crippen LogP contribution < -0.4 is 20.2 Å². The highest BCUT2D eigenvalue weighted by Crippen LogP contribution is 2.31. The Kier molecular flexibility index (Phi) is 7.14. The van der Waals surface area contributed by atoms with E-state index < -0.39 is 0 Å². The van der Waals surface area contributed by atoms with Gasteiger partial charge in [-0.05, 0) is 54.8 Å². The van der Waals surface area contributed by atoms with E-state index in [0.717, 1.165) is 24.2 Å². The molecule has 8 heteroatoms. The fourth-order valence-electron chi connectivity index (χ4n) is 3.94. The van der Waals surface area contributed by atoms with Crippen LogP contribution in [0.4, 0.5) is 5.69 Å². The minimum atomic E-state index is -0.353. The number of rotatable bonds is 9. The van der Waals surface area contributed by atoms with Crippen molar-refractivity contribution in [1.29, 1.82) is 0 Å². The standard InChI is InChI=1S/C25H30N4O4/c1-3-4-15-33-21-9-5-18(6-10-21)22-16-23-25(31)28(13-14-29(23)27-22)17-24(30)26-19-7-11-20(32-2)12-8-19/h5-14,22-23,27H,3-4,15-17H2,1-2H3,(H,26,30). The lowest BCUT2D eigenvalue weighted by Gasteiger charge is -2.31. The molecule has 2 aromatic carbocycles. The molecule has 2 aromatic rings. The van der Waals surface area contributed by atoms with Gasteiger partial charge in [0.05, 0.1) is 19.8 Å². The quantitative estimate of drug-likeness (QED) is 0.570. The van der Waals surface area contributed by atoms with E-state index in [1.807, 2.05) is 35.5 Å². The molecule has 2 N–H and O–H groups in total. The van der Waals surface area contributed by atoms with Crippen LogP contribution in [0.5, 0.6) is 11.5 Å². The first-order valence-corrected chi connectivity index (χ1v) is 11.3. The second kappa shape index (κ2) is 10.4. The zero-order valence-corrected chi connectivity index (χ0v) is 19.0. The van der Waals surface area contributed by atoms with Crippen molar-refractivity contribution in [2.45, 2.75) is 38.3 Å². The van der Waals surface area contributed by atoms with Crippen LogP contribution in [0.15, 0.2) is 60.9 Å². The zero-order chi connectivity index (χ0) is 23.2. The lowest BCUT2D eigenvalue weighted by atomic mass is 10.0. The molecule has 2 aliphatic rings. The molecule has 1 fully saturated rings. The van der Waals surface area contributed by atoms with Gasteiger partial charge in [0.15, 0.2) is 0 Å². The van der Waals surface area contributed by atoms with E-state index in [2.05, 4.69) is 17.7 Å². The Morgan fingerprint density at radius 3 is 2.52 bits per heavy atom. The molecule has 8 nitrogen and oxygen atoms in total. The number of nitrogens with one attached hydrogen (secondary N) is 2. The van der Waals surface area contributed by atoms with Crippen molar-refractivity contribution < 1.29 is 19.1 Å². The number of carbonyl (C=O) groups is 2. The molecule has 0 bridgehead atoms. The molecule has 2 amide bonds. The van der Waals surface area contributed by atoms with Gasteiger partial charge < -0.3 is 24.7 Å². The molecule has 2 atom stereocenters. The molecule has 2 aliphatic heterocycles. The fourth-order valence-corrected chi connectivity index (χ4v) is 3.94. The van der Waals surface area contributed by atoms with Crippen molar-refractivity contribution >= 4 is 17.5 Å². The fraction of sp³-hybridized carbons (Fsp3) is 0.360. The highest BCUT2D eigenvalue weighted by Gasteiger charge is 2.40. The summed E-state index contributed by atoms with van der Waals surface area (Å²) in [5, 5.41) is 4.65. The van der Waals surface area contributed by atoms with Gasteiger partial charge in [-0.2, -0.15) is 0 Å². The molecule has 174 valence electrons. The Morgan fingerprint density at radius 2 is 1.82 bits per heavy atom. The van der Waals surface area contributed by atoms with E-state index in [1.165, 1.54) is 4.90 Å². The van der Waals surface area contributed by atoms with Crippen LogP contribution in [0, 0.1) is 0 Å². The van der Waals surface area contributed by atoms with Gasteiger partial charge in [0.25, 0.3) is 5.91 Å². The third kappa shape index (κ3) is 5.46. The first kappa shape index (κ1) is 22.7. The van der Waals surface area contributed by atoms with Crippen molar-refractivity contribution in [2.24, 2.45) is 0 Å². The number of carbonyl (C=O) groups excluding carboxylic acids is 2. The molecule has 2 unspecified atom stereocenters. The summed E-state index contributed by atoms with van der Waals surface area (Å²) in [7, 11) is 1.59. The lowest BCUT2D eigenvalue weighted by molar-refractivity contribution is -0.137. The van der Waals surface area contributed by atoms with E-state index in [4.69, 9.17) is 9.47 Å². The normalized spacial score (nSPS) is 19.4. The van der Waals surface area contributed by atoms with E-state index in [9.17, 15) is 9.59 Å². The molecule has 0 aromatic heterocycles. The average molecular weight is 451 g/mol. The highest BCUT2D eigenvalue weighted by atomic mass is 16.5. The van der Waals surface area contributed by atoms with Crippen LogP contribution in [0.25, 0.3) is 0 Å². The average Bonchev–Trinajstić information content (AvgIpc) is 3.27. The minimum Gasteiger partial charge on any atom is -0.497 e. The zero-order valence-electron chi connectivity index (χ0n) is 19.0. The first-order chi connectivity index (χ1) is 16.1. The number of nitrogens with zero attached hydrogens (tertiary/aromatic N) is 2. The van der Waals surface area contributed by atoms with Gasteiger partial charge in [0.1, 0.15) is 24.1 Å². The third-order valence-electron chi connectivity index (χ3n) is 5.81. The van der Waals surface area contributed by atoms with Crippen LogP contribution >= 0.6 is 0 Å². The number of methoxy groups -OCH3 is 1. The van der Waals surface area contributed by atoms with E-state index >= 15 is 0 Å². The topological polar surface area (TPSA) is 83.1 Å². The van der Waals surface area contributed by atoms with Crippen molar-refractivity contribution in [3.05, 3.63) is 66.5 Å². The second-order valence-corrected chi connectivity index (χ2v) is 8.15. The van der Waals surface area contributed by atoms with Gasteiger partial charge in [-0.15, -0.1) is 0 Å². The van der Waals surface area contributed by atoms with Gasteiger partial charge in [0, 0.05) is 18.1 Å². The van der Waals surface area contributed by atoms with E-state index in [0.29, 0.717) is 24.5 Å². The predicted octanol–water partition coefficient (Wildman–Crippen LogP) is 3.45. The Labute approximate surface area is 194 Å². The van der Waals surface area contributed by atoms with E-state index in [-0.39, 0.29) is 30.4 Å². The maximum Gasteiger partial charge on any atom is 0.251 e. The Morgan fingerprint density at radius 1 is 1.09 bits per heavy atom. The van der Waals surface area contributed by atoms with Gasteiger partial charge in [-0.25, -0.2) is 5.43 Å². The van der Waals surface area contributed by atoms with Gasteiger partial charge in [-0.1, -0.05) is 25.5 Å². The van der Waals surface area contributed by atoms with E-state index in [1.54, 1.807) is 37.6 Å². The number of fused-ring (bicyclic) bond motifs is 1. The number of benzene rings is 2. The molecular weight excluding hydrogens is 420 g/mol. The molecule has 0 saturated carbocycles. The molecule has 0 radical (unpaired) electrons. The SMILES string of the molecule is CCCCOc1ccc(C2CC3C(=O)N(CC(=O)Nc4ccc(OC)cc4)C=CN3N2)cc1. The summed E-state index contributed by atoms with van der Waals surface area (Å²) in [5.41, 5.74) is 5.13. The molecule has 0 spiro atoms. The summed E-state index contributed by atoms with van der Waals surface area (Å²) in [5.74, 6) is 1.21. The Bertz CT molecular complexity index is 990. The summed E-state index contributed by atoms with van der Waals surface area (Å²) < 4.78 is 10.9. The second-order valence-electron chi connectivity index (χ2n) is 8.15. The summed E-state index contributed by atoms with van der Waals surface area (Å²) in [4.78, 5) is 27.0. The predicted molar refractivity (Wildman–Crippen MR) is 125 cm³/mol. The minimum absolute atomic E-state index is 0.0152. The van der Waals surface area contributed by atoms with Crippen LogP contribution in [0.3, 0.4) is 0 Å². The first-order valence-electron chi connectivity index (χ1n) is 11.3. The Balaban J connectivity index is 1.32. The number of amides is 2. The number of hydrogen-bond donors (Lipinski definition) is 2. The lowest BCUT2D eigenvalue weighted by Crippen LogP contribution is -2.49. The largest absolute Gasteiger partial charge is 0.497 e. The van der Waals surface area contributed by atoms with Crippen molar-refractivity contribution in [1.82, 2.24) is 15.3 Å². The summed E-state index contributed by atoms with van der Waals surface area (Å²) in [6, 6.07) is 14.7. The summed E-state index contributed by atoms with van der Waals surface area (Å²) in [6.07, 6.45) is 6.21. The van der Waals surface area contributed by atoms with Gasteiger partial charge in [-0.3, -0.25) is 9.59 Å². The van der Waals surface area contributed by atoms with Crippen molar-refractivity contribution in [3.8, 4) is 11.5 Å². The van der Waals surface area contributed by atoms with Crippen LogP contribution in [0.2, 0.25) is 0 Å². The van der Waals surface area contributed by atoms with Crippen LogP contribution in [0.1, 0.15) is 37.8 Å². The molecule has 2 heterocycles. The Hall–Kier alpha value is -3.52.